The topological polar surface area (TPSA) is 78.0 Å². The van der Waals surface area contributed by atoms with E-state index in [2.05, 4.69) is 6.58 Å². The molecule has 140 valence electrons. The zero-order valence-electron chi connectivity index (χ0n) is 15.0. The van der Waals surface area contributed by atoms with Gasteiger partial charge in [-0.1, -0.05) is 30.3 Å². The van der Waals surface area contributed by atoms with Gasteiger partial charge in [0, 0.05) is 6.54 Å². The van der Waals surface area contributed by atoms with Crippen LogP contribution in [-0.2, 0) is 0 Å². The number of hydrogen-bond acceptors (Lipinski definition) is 5. The molecule has 0 unspecified atom stereocenters. The van der Waals surface area contributed by atoms with Gasteiger partial charge in [0.2, 0.25) is 0 Å². The van der Waals surface area contributed by atoms with Gasteiger partial charge in [-0.3, -0.25) is 33.9 Å². The molecule has 0 fully saturated rings. The smallest absolute Gasteiger partial charge is 0.262 e. The number of nitrogens with zero attached hydrogens (tertiary/aromatic N) is 3. The molecule has 28 heavy (non-hydrogen) atoms. The van der Waals surface area contributed by atoms with Crippen molar-refractivity contribution in [1.82, 2.24) is 14.7 Å². The lowest BCUT2D eigenvalue weighted by atomic mass is 10.1. The molecule has 2 heterocycles. The summed E-state index contributed by atoms with van der Waals surface area (Å²) in [6.45, 7) is 3.88. The van der Waals surface area contributed by atoms with E-state index in [4.69, 9.17) is 0 Å². The van der Waals surface area contributed by atoms with E-state index in [0.29, 0.717) is 28.8 Å². The van der Waals surface area contributed by atoms with E-state index in [1.807, 2.05) is 0 Å². The quantitative estimate of drug-likeness (QED) is 0.570. The molecule has 7 heteroatoms. The predicted molar refractivity (Wildman–Crippen MR) is 101 cm³/mol. The summed E-state index contributed by atoms with van der Waals surface area (Å²) in [6, 6.07) is 13.2. The van der Waals surface area contributed by atoms with Crippen molar-refractivity contribution in [3.63, 3.8) is 0 Å². The summed E-state index contributed by atoms with van der Waals surface area (Å²) in [5, 5.41) is 0. The highest BCUT2D eigenvalue weighted by molar-refractivity contribution is 6.22. The van der Waals surface area contributed by atoms with Crippen molar-refractivity contribution in [3.8, 4) is 0 Å². The molecule has 4 amide bonds. The Balaban J connectivity index is 1.54. The third kappa shape index (κ3) is 2.73. The third-order valence-corrected chi connectivity index (χ3v) is 4.83. The Hall–Kier alpha value is -3.58. The van der Waals surface area contributed by atoms with Crippen LogP contribution in [0.2, 0.25) is 0 Å². The van der Waals surface area contributed by atoms with Crippen LogP contribution in [0.1, 0.15) is 41.4 Å². The van der Waals surface area contributed by atoms with Gasteiger partial charge in [-0.15, -0.1) is 6.58 Å². The van der Waals surface area contributed by atoms with Crippen LogP contribution in [0.25, 0.3) is 0 Å². The monoisotopic (exact) mass is 375 g/mol. The molecule has 0 spiro atoms. The highest BCUT2D eigenvalue weighted by Crippen LogP contribution is 2.25. The summed E-state index contributed by atoms with van der Waals surface area (Å²) in [4.78, 5) is 54.3. The van der Waals surface area contributed by atoms with Crippen LogP contribution >= 0.6 is 0 Å². The van der Waals surface area contributed by atoms with E-state index in [-0.39, 0.29) is 13.3 Å². The lowest BCUT2D eigenvalue weighted by Gasteiger charge is -2.28. The lowest BCUT2D eigenvalue weighted by molar-refractivity contribution is 0.0420. The zero-order chi connectivity index (χ0) is 19.8. The van der Waals surface area contributed by atoms with E-state index >= 15 is 0 Å². The maximum Gasteiger partial charge on any atom is 0.262 e. The maximum absolute atomic E-state index is 12.6. The molecule has 0 radical (unpaired) electrons. The second-order valence-electron chi connectivity index (χ2n) is 6.59. The van der Waals surface area contributed by atoms with Crippen LogP contribution < -0.4 is 0 Å². The van der Waals surface area contributed by atoms with Gasteiger partial charge in [-0.25, -0.2) is 0 Å². The third-order valence-electron chi connectivity index (χ3n) is 4.83. The van der Waals surface area contributed by atoms with Crippen LogP contribution in [0.4, 0.5) is 0 Å². The molecule has 2 aromatic carbocycles. The van der Waals surface area contributed by atoms with E-state index in [1.165, 1.54) is 0 Å². The van der Waals surface area contributed by atoms with Crippen molar-refractivity contribution in [3.05, 3.63) is 83.4 Å². The van der Waals surface area contributed by atoms with Gasteiger partial charge in [0.15, 0.2) is 0 Å². The molecule has 2 aliphatic rings. The number of carbonyl (C=O) groups is 4. The van der Waals surface area contributed by atoms with Crippen molar-refractivity contribution in [1.29, 1.82) is 0 Å². The van der Waals surface area contributed by atoms with Crippen LogP contribution in [-0.4, -0.2) is 58.2 Å². The van der Waals surface area contributed by atoms with Crippen LogP contribution in [0, 0.1) is 0 Å². The standard InChI is InChI=1S/C21H17N3O4/c1-2-11-22(12-23-18(25)14-7-3-4-8-15(14)19(23)26)13-24-20(27)16-9-5-6-10-17(16)21(24)28/h2-10H,1,11-13H2. The zero-order valence-corrected chi connectivity index (χ0v) is 15.0. The first-order valence-electron chi connectivity index (χ1n) is 8.76. The number of carbonyl (C=O) groups excluding carboxylic acids is 4. The minimum atomic E-state index is -0.392. The van der Waals surface area contributed by atoms with Crippen LogP contribution in [0.15, 0.2) is 61.2 Å². The Morgan fingerprint density at radius 2 is 1.00 bits per heavy atom. The van der Waals surface area contributed by atoms with Crippen molar-refractivity contribution >= 4 is 23.6 Å². The molecule has 0 N–H and O–H groups in total. The highest BCUT2D eigenvalue weighted by Gasteiger charge is 2.39. The van der Waals surface area contributed by atoms with E-state index in [1.54, 1.807) is 59.5 Å². The first-order chi connectivity index (χ1) is 13.5. The summed E-state index contributed by atoms with van der Waals surface area (Å²) in [6.07, 6.45) is 1.59. The Bertz CT molecular complexity index is 882. The van der Waals surface area contributed by atoms with E-state index < -0.39 is 23.6 Å². The number of fused-ring (bicyclic) bond motifs is 2. The first-order valence-corrected chi connectivity index (χ1v) is 8.76. The minimum absolute atomic E-state index is 0.0498. The minimum Gasteiger partial charge on any atom is -0.269 e. The van der Waals surface area contributed by atoms with E-state index in [0.717, 1.165) is 9.80 Å². The van der Waals surface area contributed by atoms with Crippen LogP contribution in [0.5, 0.6) is 0 Å². The predicted octanol–water partition coefficient (Wildman–Crippen LogP) is 1.98. The number of benzene rings is 2. The second-order valence-corrected chi connectivity index (χ2v) is 6.59. The fraction of sp³-hybridized carbons (Fsp3) is 0.143. The van der Waals surface area contributed by atoms with Gasteiger partial charge < -0.3 is 0 Å². The normalized spacial score (nSPS) is 15.5. The van der Waals surface area contributed by atoms with Gasteiger partial charge in [-0.05, 0) is 24.3 Å². The average Bonchev–Trinajstić information content (AvgIpc) is 3.09. The largest absolute Gasteiger partial charge is 0.269 e. The summed E-state index contributed by atoms with van der Waals surface area (Å²) < 4.78 is 0. The fourth-order valence-corrected chi connectivity index (χ4v) is 3.48. The Morgan fingerprint density at radius 1 is 0.679 bits per heavy atom. The average molecular weight is 375 g/mol. The summed E-state index contributed by atoms with van der Waals surface area (Å²) in [5.74, 6) is -1.57. The molecule has 0 saturated carbocycles. The van der Waals surface area contributed by atoms with E-state index in [9.17, 15) is 19.2 Å². The fourth-order valence-electron chi connectivity index (χ4n) is 3.48. The number of amides is 4. The molecule has 0 saturated heterocycles. The molecular weight excluding hydrogens is 358 g/mol. The number of imide groups is 2. The summed E-state index contributed by atoms with van der Waals surface area (Å²) >= 11 is 0. The number of hydrogen-bond donors (Lipinski definition) is 0. The van der Waals surface area contributed by atoms with Gasteiger partial charge in [0.05, 0.1) is 35.6 Å². The molecule has 0 aliphatic carbocycles. The number of rotatable bonds is 6. The molecular formula is C21H17N3O4. The Labute approximate surface area is 161 Å². The SMILES string of the molecule is C=CCN(CN1C(=O)c2ccccc2C1=O)CN1C(=O)c2ccccc2C1=O. The van der Waals surface area contributed by atoms with Gasteiger partial charge in [-0.2, -0.15) is 0 Å². The first kappa shape index (κ1) is 17.8. The highest BCUT2D eigenvalue weighted by atomic mass is 16.2. The van der Waals surface area contributed by atoms with Crippen molar-refractivity contribution in [2.75, 3.05) is 19.9 Å². The molecule has 2 aromatic rings. The molecule has 4 rings (SSSR count). The van der Waals surface area contributed by atoms with Gasteiger partial charge in [0.1, 0.15) is 0 Å². The van der Waals surface area contributed by atoms with Crippen molar-refractivity contribution in [2.45, 2.75) is 0 Å². The summed E-state index contributed by atoms with van der Waals surface area (Å²) in [5.41, 5.74) is 1.41. The Morgan fingerprint density at radius 3 is 1.29 bits per heavy atom. The van der Waals surface area contributed by atoms with Crippen molar-refractivity contribution < 1.29 is 19.2 Å². The Kier molecular flexibility index (Phi) is 4.37. The summed E-state index contributed by atoms with van der Waals surface area (Å²) in [7, 11) is 0. The second kappa shape index (κ2) is 6.86. The molecule has 2 aliphatic heterocycles. The van der Waals surface area contributed by atoms with Gasteiger partial charge >= 0.3 is 0 Å². The van der Waals surface area contributed by atoms with Gasteiger partial charge in [0.25, 0.3) is 23.6 Å². The molecule has 0 aromatic heterocycles. The molecule has 7 nitrogen and oxygen atoms in total. The molecule has 0 atom stereocenters. The maximum atomic E-state index is 12.6. The molecule has 0 bridgehead atoms. The van der Waals surface area contributed by atoms with Crippen molar-refractivity contribution in [2.24, 2.45) is 0 Å². The lowest BCUT2D eigenvalue weighted by Crippen LogP contribution is -2.47. The van der Waals surface area contributed by atoms with Crippen LogP contribution in [0.3, 0.4) is 0 Å².